The van der Waals surface area contributed by atoms with Crippen LogP contribution in [0.15, 0.2) is 18.2 Å². The number of thiocarbonyl (C=S) groups is 1. The third-order valence-electron chi connectivity index (χ3n) is 1.59. The van der Waals surface area contributed by atoms with E-state index >= 15 is 0 Å². The summed E-state index contributed by atoms with van der Waals surface area (Å²) in [4.78, 5) is 0.462. The van der Waals surface area contributed by atoms with Crippen LogP contribution < -0.4 is 10.5 Å². The predicted molar refractivity (Wildman–Crippen MR) is 58.5 cm³/mol. The number of nitrogens with two attached hydrogens (primary N) is 1. The molecule has 0 bridgehead atoms. The Morgan fingerprint density at radius 1 is 1.62 bits per heavy atom. The smallest absolute Gasteiger partial charge is 0.137 e. The fourth-order valence-corrected chi connectivity index (χ4v) is 1.38. The predicted octanol–water partition coefficient (Wildman–Crippen LogP) is 2.18. The Bertz CT molecular complexity index is 327. The van der Waals surface area contributed by atoms with Gasteiger partial charge in [0, 0.05) is 6.42 Å². The summed E-state index contributed by atoms with van der Waals surface area (Å²) in [5, 5.41) is 0.592. The normalized spacial score (nSPS) is 9.69. The van der Waals surface area contributed by atoms with E-state index in [1.807, 2.05) is 12.1 Å². The second-order valence-corrected chi connectivity index (χ2v) is 3.54. The van der Waals surface area contributed by atoms with Crippen molar-refractivity contribution >= 4 is 28.8 Å². The largest absolute Gasteiger partial charge is 0.495 e. The van der Waals surface area contributed by atoms with Crippen molar-refractivity contribution < 1.29 is 4.74 Å². The van der Waals surface area contributed by atoms with Crippen LogP contribution in [0.5, 0.6) is 5.75 Å². The zero-order valence-electron chi connectivity index (χ0n) is 7.21. The summed E-state index contributed by atoms with van der Waals surface area (Å²) >= 11 is 10.6. The third kappa shape index (κ3) is 2.86. The second-order valence-electron chi connectivity index (χ2n) is 2.61. The van der Waals surface area contributed by atoms with Crippen molar-refractivity contribution in [3.8, 4) is 5.75 Å². The zero-order chi connectivity index (χ0) is 9.84. The van der Waals surface area contributed by atoms with Gasteiger partial charge in [0.2, 0.25) is 0 Å². The molecule has 13 heavy (non-hydrogen) atoms. The van der Waals surface area contributed by atoms with Crippen LogP contribution in [0.4, 0.5) is 0 Å². The molecule has 0 aromatic heterocycles. The molecule has 70 valence electrons. The summed E-state index contributed by atoms with van der Waals surface area (Å²) < 4.78 is 5.05. The first-order chi connectivity index (χ1) is 6.13. The Kier molecular flexibility index (Phi) is 3.51. The third-order valence-corrected chi connectivity index (χ3v) is 2.05. The lowest BCUT2D eigenvalue weighted by molar-refractivity contribution is 0.414. The van der Waals surface area contributed by atoms with Gasteiger partial charge in [-0.3, -0.25) is 0 Å². The average Bonchev–Trinajstić information content (AvgIpc) is 2.07. The van der Waals surface area contributed by atoms with E-state index in [4.69, 9.17) is 34.3 Å². The van der Waals surface area contributed by atoms with Crippen LogP contribution in [-0.4, -0.2) is 12.1 Å². The number of rotatable bonds is 3. The summed E-state index contributed by atoms with van der Waals surface area (Å²) in [6.45, 7) is 0. The van der Waals surface area contributed by atoms with E-state index in [1.165, 1.54) is 0 Å². The minimum atomic E-state index is 0.462. The van der Waals surface area contributed by atoms with Crippen LogP contribution in [0, 0.1) is 0 Å². The van der Waals surface area contributed by atoms with Gasteiger partial charge in [-0.1, -0.05) is 29.9 Å². The number of ether oxygens (including phenoxy) is 1. The first-order valence-corrected chi connectivity index (χ1v) is 4.53. The number of halogens is 1. The van der Waals surface area contributed by atoms with E-state index in [1.54, 1.807) is 13.2 Å². The zero-order valence-corrected chi connectivity index (χ0v) is 8.78. The number of hydrogen-bond acceptors (Lipinski definition) is 2. The molecule has 0 unspecified atom stereocenters. The van der Waals surface area contributed by atoms with Crippen LogP contribution >= 0.6 is 23.8 Å². The molecule has 0 aliphatic carbocycles. The van der Waals surface area contributed by atoms with Gasteiger partial charge in [-0.2, -0.15) is 0 Å². The van der Waals surface area contributed by atoms with Crippen LogP contribution in [0.25, 0.3) is 0 Å². The van der Waals surface area contributed by atoms with Crippen molar-refractivity contribution in [3.05, 3.63) is 28.8 Å². The SMILES string of the molecule is COc1cc(CC(N)=S)ccc1Cl. The van der Waals surface area contributed by atoms with Gasteiger partial charge in [0.25, 0.3) is 0 Å². The highest BCUT2D eigenvalue weighted by Gasteiger charge is 2.02. The molecule has 0 saturated heterocycles. The molecule has 4 heteroatoms. The van der Waals surface area contributed by atoms with E-state index in [9.17, 15) is 0 Å². The molecule has 2 nitrogen and oxygen atoms in total. The fraction of sp³-hybridized carbons (Fsp3) is 0.222. The highest BCUT2D eigenvalue weighted by atomic mass is 35.5. The summed E-state index contributed by atoms with van der Waals surface area (Å²) in [5.74, 6) is 0.649. The summed E-state index contributed by atoms with van der Waals surface area (Å²) in [6, 6.07) is 5.49. The highest BCUT2D eigenvalue weighted by Crippen LogP contribution is 2.25. The van der Waals surface area contributed by atoms with Crippen LogP contribution in [-0.2, 0) is 6.42 Å². The van der Waals surface area contributed by atoms with Gasteiger partial charge in [-0.15, -0.1) is 0 Å². The molecule has 0 saturated carbocycles. The first kappa shape index (κ1) is 10.3. The van der Waals surface area contributed by atoms with Gasteiger partial charge < -0.3 is 10.5 Å². The fourth-order valence-electron chi connectivity index (χ4n) is 1.02. The van der Waals surface area contributed by atoms with E-state index in [2.05, 4.69) is 0 Å². The molecule has 0 spiro atoms. The van der Waals surface area contributed by atoms with Crippen molar-refractivity contribution in [2.75, 3.05) is 7.11 Å². The lowest BCUT2D eigenvalue weighted by Crippen LogP contribution is -2.10. The van der Waals surface area contributed by atoms with Gasteiger partial charge in [-0.25, -0.2) is 0 Å². The Morgan fingerprint density at radius 2 is 2.31 bits per heavy atom. The molecule has 0 heterocycles. The quantitative estimate of drug-likeness (QED) is 0.786. The lowest BCUT2D eigenvalue weighted by Gasteiger charge is -2.05. The Labute approximate surface area is 87.6 Å². The van der Waals surface area contributed by atoms with E-state index in [0.29, 0.717) is 22.2 Å². The van der Waals surface area contributed by atoms with Crippen molar-refractivity contribution in [3.63, 3.8) is 0 Å². The number of methoxy groups -OCH3 is 1. The lowest BCUT2D eigenvalue weighted by atomic mass is 10.1. The summed E-state index contributed by atoms with van der Waals surface area (Å²) in [5.41, 5.74) is 6.42. The molecule has 2 N–H and O–H groups in total. The van der Waals surface area contributed by atoms with Gasteiger partial charge in [0.15, 0.2) is 0 Å². The number of benzene rings is 1. The summed E-state index contributed by atoms with van der Waals surface area (Å²) in [6.07, 6.45) is 0.572. The van der Waals surface area contributed by atoms with Gasteiger partial charge in [0.1, 0.15) is 5.75 Å². The molecule has 1 aromatic rings. The van der Waals surface area contributed by atoms with E-state index < -0.39 is 0 Å². The average molecular weight is 216 g/mol. The first-order valence-electron chi connectivity index (χ1n) is 3.74. The maximum atomic E-state index is 5.84. The van der Waals surface area contributed by atoms with Crippen molar-refractivity contribution in [1.29, 1.82) is 0 Å². The van der Waals surface area contributed by atoms with E-state index in [0.717, 1.165) is 5.56 Å². The summed E-state index contributed by atoms with van der Waals surface area (Å²) in [7, 11) is 1.58. The van der Waals surface area contributed by atoms with Crippen LogP contribution in [0.3, 0.4) is 0 Å². The second kappa shape index (κ2) is 4.44. The minimum Gasteiger partial charge on any atom is -0.495 e. The molecule has 0 aliphatic heterocycles. The van der Waals surface area contributed by atoms with Crippen LogP contribution in [0.1, 0.15) is 5.56 Å². The van der Waals surface area contributed by atoms with Crippen molar-refractivity contribution in [1.82, 2.24) is 0 Å². The topological polar surface area (TPSA) is 35.2 Å². The molecule has 0 amide bonds. The molecule has 0 atom stereocenters. The monoisotopic (exact) mass is 215 g/mol. The molecule has 1 rings (SSSR count). The molecular formula is C9H10ClNOS. The standard InChI is InChI=1S/C9H10ClNOS/c1-12-8-4-6(5-9(11)13)2-3-7(8)10/h2-4H,5H2,1H3,(H2,11,13). The number of hydrogen-bond donors (Lipinski definition) is 1. The van der Waals surface area contributed by atoms with Gasteiger partial charge in [0.05, 0.1) is 17.1 Å². The molecule has 1 aromatic carbocycles. The minimum absolute atomic E-state index is 0.462. The highest BCUT2D eigenvalue weighted by molar-refractivity contribution is 7.80. The van der Waals surface area contributed by atoms with Gasteiger partial charge in [-0.05, 0) is 17.7 Å². The maximum absolute atomic E-state index is 5.84. The molecule has 0 fully saturated rings. The van der Waals surface area contributed by atoms with E-state index in [-0.39, 0.29) is 0 Å². The van der Waals surface area contributed by atoms with Crippen molar-refractivity contribution in [2.45, 2.75) is 6.42 Å². The molecule has 0 aliphatic rings. The van der Waals surface area contributed by atoms with Crippen molar-refractivity contribution in [2.24, 2.45) is 5.73 Å². The van der Waals surface area contributed by atoms with Gasteiger partial charge >= 0.3 is 0 Å². The maximum Gasteiger partial charge on any atom is 0.137 e. The Morgan fingerprint density at radius 3 is 2.85 bits per heavy atom. The Hall–Kier alpha value is -0.800. The Balaban J connectivity index is 2.92. The molecular weight excluding hydrogens is 206 g/mol. The van der Waals surface area contributed by atoms with Crippen LogP contribution in [0.2, 0.25) is 5.02 Å². The molecule has 0 radical (unpaired) electrons.